The largest absolute Gasteiger partial charge is 0.350 e. The zero-order chi connectivity index (χ0) is 15.4. The number of amides is 1. The maximum atomic E-state index is 12.1. The Bertz CT molecular complexity index is 684. The fourth-order valence-corrected chi connectivity index (χ4v) is 2.23. The Morgan fingerprint density at radius 3 is 2.90 bits per heavy atom. The molecule has 1 N–H and O–H groups in total. The number of hydrogen-bond acceptors (Lipinski definition) is 4. The molecule has 21 heavy (non-hydrogen) atoms. The third kappa shape index (κ3) is 3.66. The van der Waals surface area contributed by atoms with E-state index in [9.17, 15) is 14.9 Å². The second kappa shape index (κ2) is 6.49. The summed E-state index contributed by atoms with van der Waals surface area (Å²) in [4.78, 5) is 22.4. The zero-order valence-corrected chi connectivity index (χ0v) is 12.8. The molecule has 2 rings (SSSR count). The first-order chi connectivity index (χ1) is 9.99. The number of nitrogens with zero attached hydrogens (tertiary/aromatic N) is 3. The maximum absolute atomic E-state index is 12.1. The summed E-state index contributed by atoms with van der Waals surface area (Å²) >= 11 is 3.29. The molecule has 1 heterocycles. The van der Waals surface area contributed by atoms with Crippen LogP contribution in [0.2, 0.25) is 0 Å². The zero-order valence-electron chi connectivity index (χ0n) is 11.2. The van der Waals surface area contributed by atoms with Crippen LogP contribution in [0.3, 0.4) is 0 Å². The van der Waals surface area contributed by atoms with E-state index in [1.54, 1.807) is 30.1 Å². The number of nitrogens with one attached hydrogen (secondary N) is 1. The van der Waals surface area contributed by atoms with Gasteiger partial charge in [-0.3, -0.25) is 19.6 Å². The van der Waals surface area contributed by atoms with Gasteiger partial charge in [-0.2, -0.15) is 5.10 Å². The number of aromatic nitrogens is 2. The predicted molar refractivity (Wildman–Crippen MR) is 80.1 cm³/mol. The first kappa shape index (κ1) is 15.2. The topological polar surface area (TPSA) is 90.1 Å². The molecule has 1 aromatic heterocycles. The summed E-state index contributed by atoms with van der Waals surface area (Å²) in [5.41, 5.74) is 0.617. The number of nitro groups is 1. The van der Waals surface area contributed by atoms with Crippen LogP contribution in [0.25, 0.3) is 0 Å². The van der Waals surface area contributed by atoms with E-state index in [-0.39, 0.29) is 11.6 Å². The molecule has 2 aromatic rings. The molecular formula is C13H13BrN4O3. The molecule has 110 valence electrons. The number of halogens is 1. The Kier molecular flexibility index (Phi) is 4.69. The number of benzene rings is 1. The van der Waals surface area contributed by atoms with E-state index in [0.29, 0.717) is 24.2 Å². The lowest BCUT2D eigenvalue weighted by molar-refractivity contribution is -0.385. The van der Waals surface area contributed by atoms with E-state index < -0.39 is 4.92 Å². The molecule has 1 aromatic carbocycles. The van der Waals surface area contributed by atoms with E-state index in [1.165, 1.54) is 12.1 Å². The van der Waals surface area contributed by atoms with Gasteiger partial charge in [0.25, 0.3) is 11.6 Å². The van der Waals surface area contributed by atoms with Crippen LogP contribution >= 0.6 is 15.9 Å². The smallest absolute Gasteiger partial charge is 0.273 e. The van der Waals surface area contributed by atoms with Crippen LogP contribution in [0, 0.1) is 17.0 Å². The number of carbonyl (C=O) groups excluding carboxylic acids is 1. The SMILES string of the molecule is Cc1c(C(=O)NCCn2cc(Br)cn2)cccc1[N+](=O)[O-]. The molecule has 0 unspecified atom stereocenters. The summed E-state index contributed by atoms with van der Waals surface area (Å²) in [7, 11) is 0. The van der Waals surface area contributed by atoms with Crippen molar-refractivity contribution in [2.75, 3.05) is 6.54 Å². The predicted octanol–water partition coefficient (Wildman–Crippen LogP) is 2.29. The van der Waals surface area contributed by atoms with Crippen molar-refractivity contribution < 1.29 is 9.72 Å². The van der Waals surface area contributed by atoms with Crippen molar-refractivity contribution in [1.29, 1.82) is 0 Å². The molecule has 0 atom stereocenters. The Labute approximate surface area is 129 Å². The van der Waals surface area contributed by atoms with E-state index in [2.05, 4.69) is 26.3 Å². The number of hydrogen-bond donors (Lipinski definition) is 1. The van der Waals surface area contributed by atoms with Crippen molar-refractivity contribution >= 4 is 27.5 Å². The van der Waals surface area contributed by atoms with Gasteiger partial charge in [-0.15, -0.1) is 0 Å². The lowest BCUT2D eigenvalue weighted by atomic mass is 10.1. The summed E-state index contributed by atoms with van der Waals surface area (Å²) in [5.74, 6) is -0.331. The van der Waals surface area contributed by atoms with Crippen LogP contribution in [0.4, 0.5) is 5.69 Å². The van der Waals surface area contributed by atoms with Gasteiger partial charge in [0.05, 0.1) is 22.1 Å². The van der Waals surface area contributed by atoms with Gasteiger partial charge in [0.2, 0.25) is 0 Å². The van der Waals surface area contributed by atoms with Crippen LogP contribution in [-0.4, -0.2) is 27.2 Å². The molecule has 0 saturated heterocycles. The third-order valence-electron chi connectivity index (χ3n) is 2.97. The van der Waals surface area contributed by atoms with E-state index in [0.717, 1.165) is 4.47 Å². The van der Waals surface area contributed by atoms with Crippen molar-refractivity contribution in [3.05, 3.63) is 56.3 Å². The van der Waals surface area contributed by atoms with Crippen LogP contribution < -0.4 is 5.32 Å². The minimum Gasteiger partial charge on any atom is -0.350 e. The van der Waals surface area contributed by atoms with Gasteiger partial charge in [0, 0.05) is 29.9 Å². The highest BCUT2D eigenvalue weighted by Crippen LogP contribution is 2.20. The average Bonchev–Trinajstić information content (AvgIpc) is 2.84. The highest BCUT2D eigenvalue weighted by Gasteiger charge is 2.17. The minimum atomic E-state index is -0.493. The summed E-state index contributed by atoms with van der Waals surface area (Å²) < 4.78 is 2.55. The lowest BCUT2D eigenvalue weighted by Gasteiger charge is -2.08. The van der Waals surface area contributed by atoms with Gasteiger partial charge in [-0.1, -0.05) is 6.07 Å². The molecule has 0 saturated carbocycles. The molecule has 0 aliphatic carbocycles. The second-order valence-electron chi connectivity index (χ2n) is 4.38. The van der Waals surface area contributed by atoms with Gasteiger partial charge in [-0.25, -0.2) is 0 Å². The van der Waals surface area contributed by atoms with Crippen LogP contribution in [0.15, 0.2) is 35.1 Å². The highest BCUT2D eigenvalue weighted by atomic mass is 79.9. The van der Waals surface area contributed by atoms with Crippen molar-refractivity contribution in [2.45, 2.75) is 13.5 Å². The normalized spacial score (nSPS) is 10.4. The van der Waals surface area contributed by atoms with Crippen molar-refractivity contribution in [1.82, 2.24) is 15.1 Å². The Morgan fingerprint density at radius 1 is 1.52 bits per heavy atom. The van der Waals surface area contributed by atoms with Gasteiger partial charge >= 0.3 is 0 Å². The quantitative estimate of drug-likeness (QED) is 0.660. The Balaban J connectivity index is 2.00. The third-order valence-corrected chi connectivity index (χ3v) is 3.38. The van der Waals surface area contributed by atoms with Gasteiger partial charge in [0.15, 0.2) is 0 Å². The summed E-state index contributed by atoms with van der Waals surface area (Å²) in [5, 5.41) is 17.7. The first-order valence-corrected chi connectivity index (χ1v) is 6.98. The summed E-state index contributed by atoms with van der Waals surface area (Å²) in [6, 6.07) is 4.46. The Hall–Kier alpha value is -2.22. The average molecular weight is 353 g/mol. The van der Waals surface area contributed by atoms with Crippen LogP contribution in [0.1, 0.15) is 15.9 Å². The summed E-state index contributed by atoms with van der Waals surface area (Å²) in [6.45, 7) is 2.47. The Morgan fingerprint density at radius 2 is 2.29 bits per heavy atom. The van der Waals surface area contributed by atoms with Crippen LogP contribution in [0.5, 0.6) is 0 Å². The standard InChI is InChI=1S/C13H13BrN4O3/c1-9-11(3-2-4-12(9)18(20)21)13(19)15-5-6-17-8-10(14)7-16-17/h2-4,7-8H,5-6H2,1H3,(H,15,19). The van der Waals surface area contributed by atoms with Gasteiger partial charge in [0.1, 0.15) is 0 Å². The molecule has 0 spiro atoms. The fraction of sp³-hybridized carbons (Fsp3) is 0.231. The van der Waals surface area contributed by atoms with Crippen molar-refractivity contribution in [2.24, 2.45) is 0 Å². The number of rotatable bonds is 5. The highest BCUT2D eigenvalue weighted by molar-refractivity contribution is 9.10. The fourth-order valence-electron chi connectivity index (χ4n) is 1.91. The number of carbonyl (C=O) groups is 1. The van der Waals surface area contributed by atoms with Crippen molar-refractivity contribution in [3.8, 4) is 0 Å². The van der Waals surface area contributed by atoms with E-state index >= 15 is 0 Å². The molecule has 0 fully saturated rings. The van der Waals surface area contributed by atoms with Gasteiger partial charge < -0.3 is 5.32 Å². The molecule has 8 heteroatoms. The molecule has 0 aliphatic rings. The number of nitro benzene ring substituents is 1. The molecule has 0 radical (unpaired) electrons. The summed E-state index contributed by atoms with van der Waals surface area (Å²) in [6.07, 6.45) is 3.46. The maximum Gasteiger partial charge on any atom is 0.273 e. The second-order valence-corrected chi connectivity index (χ2v) is 5.30. The molecule has 0 bridgehead atoms. The molecule has 1 amide bonds. The molecule has 7 nitrogen and oxygen atoms in total. The molecule has 0 aliphatic heterocycles. The lowest BCUT2D eigenvalue weighted by Crippen LogP contribution is -2.28. The van der Waals surface area contributed by atoms with E-state index in [4.69, 9.17) is 0 Å². The van der Waals surface area contributed by atoms with Crippen LogP contribution in [-0.2, 0) is 6.54 Å². The van der Waals surface area contributed by atoms with Gasteiger partial charge in [-0.05, 0) is 28.9 Å². The minimum absolute atomic E-state index is 0.0568. The molecular weight excluding hydrogens is 340 g/mol. The van der Waals surface area contributed by atoms with Crippen molar-refractivity contribution in [3.63, 3.8) is 0 Å². The monoisotopic (exact) mass is 352 g/mol. The van der Waals surface area contributed by atoms with E-state index in [1.807, 2.05) is 0 Å². The first-order valence-electron chi connectivity index (χ1n) is 6.19.